The molecule has 0 saturated heterocycles. The smallest absolute Gasteiger partial charge is 0.251 e. The van der Waals surface area contributed by atoms with E-state index in [0.29, 0.717) is 17.1 Å². The molecular weight excluding hydrogens is 290 g/mol. The van der Waals surface area contributed by atoms with Crippen LogP contribution in [-0.2, 0) is 0 Å². The fourth-order valence-corrected chi connectivity index (χ4v) is 5.52. The number of methoxy groups -OCH3 is 2. The maximum atomic E-state index is 12.8. The zero-order valence-corrected chi connectivity index (χ0v) is 13.9. The van der Waals surface area contributed by atoms with Crippen LogP contribution in [0.2, 0.25) is 0 Å². The second kappa shape index (κ2) is 5.43. The molecule has 1 amide bonds. The standard InChI is InChI=1S/C19H25NO3/c1-22-16-6-15(7-17(8-16)23-2)18(21)20-19-9-12-3-13(10-19)5-14(4-12)11-19/h6-8,12-14H,3-5,9-11H2,1-2H3,(H,20,21). The second-order valence-corrected chi connectivity index (χ2v) is 7.75. The van der Waals surface area contributed by atoms with Crippen LogP contribution in [0.4, 0.5) is 0 Å². The third-order valence-corrected chi connectivity index (χ3v) is 6.03. The molecule has 0 heterocycles. The molecule has 124 valence electrons. The van der Waals surface area contributed by atoms with Crippen LogP contribution in [0.15, 0.2) is 18.2 Å². The fourth-order valence-electron chi connectivity index (χ4n) is 5.52. The summed E-state index contributed by atoms with van der Waals surface area (Å²) in [6.07, 6.45) is 7.61. The van der Waals surface area contributed by atoms with Gasteiger partial charge in [0.2, 0.25) is 0 Å². The van der Waals surface area contributed by atoms with Gasteiger partial charge in [-0.05, 0) is 68.4 Å². The molecule has 0 unspecified atom stereocenters. The Morgan fingerprint density at radius 1 is 0.957 bits per heavy atom. The van der Waals surface area contributed by atoms with Gasteiger partial charge in [0, 0.05) is 17.2 Å². The predicted molar refractivity (Wildman–Crippen MR) is 87.9 cm³/mol. The van der Waals surface area contributed by atoms with Crippen LogP contribution in [-0.4, -0.2) is 25.7 Å². The number of rotatable bonds is 4. The van der Waals surface area contributed by atoms with E-state index >= 15 is 0 Å². The number of hydrogen-bond acceptors (Lipinski definition) is 3. The molecule has 23 heavy (non-hydrogen) atoms. The monoisotopic (exact) mass is 315 g/mol. The molecule has 4 fully saturated rings. The van der Waals surface area contributed by atoms with E-state index in [-0.39, 0.29) is 11.4 Å². The van der Waals surface area contributed by atoms with E-state index < -0.39 is 0 Å². The lowest BCUT2D eigenvalue weighted by Crippen LogP contribution is -2.59. The van der Waals surface area contributed by atoms with Crippen molar-refractivity contribution in [1.29, 1.82) is 0 Å². The summed E-state index contributed by atoms with van der Waals surface area (Å²) in [4.78, 5) is 12.8. The van der Waals surface area contributed by atoms with Gasteiger partial charge in [-0.2, -0.15) is 0 Å². The molecule has 4 aliphatic carbocycles. The zero-order valence-electron chi connectivity index (χ0n) is 13.9. The first-order valence-corrected chi connectivity index (χ1v) is 8.65. The number of benzene rings is 1. The van der Waals surface area contributed by atoms with Crippen LogP contribution in [0.5, 0.6) is 11.5 Å². The Morgan fingerprint density at radius 2 is 1.43 bits per heavy atom. The van der Waals surface area contributed by atoms with Crippen molar-refractivity contribution in [3.8, 4) is 11.5 Å². The van der Waals surface area contributed by atoms with E-state index in [2.05, 4.69) is 5.32 Å². The molecule has 1 N–H and O–H groups in total. The summed E-state index contributed by atoms with van der Waals surface area (Å²) in [5.74, 6) is 3.77. The highest BCUT2D eigenvalue weighted by molar-refractivity contribution is 5.95. The predicted octanol–water partition coefficient (Wildman–Crippen LogP) is 3.40. The summed E-state index contributed by atoms with van der Waals surface area (Å²) in [7, 11) is 3.21. The molecular formula is C19H25NO3. The Kier molecular flexibility index (Phi) is 3.51. The van der Waals surface area contributed by atoms with Gasteiger partial charge in [0.05, 0.1) is 14.2 Å². The number of carbonyl (C=O) groups is 1. The van der Waals surface area contributed by atoms with Crippen LogP contribution >= 0.6 is 0 Å². The topological polar surface area (TPSA) is 47.6 Å². The SMILES string of the molecule is COc1cc(OC)cc(C(=O)NC23CC4CC(CC(C4)C2)C3)c1. The summed E-state index contributed by atoms with van der Waals surface area (Å²) in [6, 6.07) is 5.37. The summed E-state index contributed by atoms with van der Waals surface area (Å²) >= 11 is 0. The molecule has 1 aromatic rings. The molecule has 4 aliphatic rings. The van der Waals surface area contributed by atoms with E-state index in [1.165, 1.54) is 19.3 Å². The Balaban J connectivity index is 1.56. The lowest BCUT2D eigenvalue weighted by molar-refractivity contribution is -0.0167. The van der Waals surface area contributed by atoms with Crippen LogP contribution in [0.1, 0.15) is 48.9 Å². The highest BCUT2D eigenvalue weighted by Gasteiger charge is 2.51. The summed E-state index contributed by atoms with van der Waals surface area (Å²) in [6.45, 7) is 0. The van der Waals surface area contributed by atoms with E-state index in [9.17, 15) is 4.79 Å². The average Bonchev–Trinajstić information content (AvgIpc) is 2.52. The van der Waals surface area contributed by atoms with Crippen molar-refractivity contribution in [3.63, 3.8) is 0 Å². The summed E-state index contributed by atoms with van der Waals surface area (Å²) < 4.78 is 10.6. The average molecular weight is 315 g/mol. The third-order valence-electron chi connectivity index (χ3n) is 6.03. The number of ether oxygens (including phenoxy) is 2. The second-order valence-electron chi connectivity index (χ2n) is 7.75. The van der Waals surface area contributed by atoms with Crippen molar-refractivity contribution in [2.75, 3.05) is 14.2 Å². The maximum Gasteiger partial charge on any atom is 0.251 e. The highest BCUT2D eigenvalue weighted by Crippen LogP contribution is 2.55. The van der Waals surface area contributed by atoms with Gasteiger partial charge in [0.15, 0.2) is 0 Å². The lowest BCUT2D eigenvalue weighted by Gasteiger charge is -2.56. The first kappa shape index (κ1) is 14.9. The fraction of sp³-hybridized carbons (Fsp3) is 0.632. The van der Waals surface area contributed by atoms with Crippen LogP contribution in [0, 0.1) is 17.8 Å². The first-order chi connectivity index (χ1) is 11.1. The molecule has 4 saturated carbocycles. The first-order valence-electron chi connectivity index (χ1n) is 8.65. The van der Waals surface area contributed by atoms with Gasteiger partial charge in [-0.15, -0.1) is 0 Å². The van der Waals surface area contributed by atoms with Crippen molar-refractivity contribution >= 4 is 5.91 Å². The Labute approximate surface area is 137 Å². The molecule has 0 aromatic heterocycles. The molecule has 4 nitrogen and oxygen atoms in total. The van der Waals surface area contributed by atoms with Gasteiger partial charge in [0.25, 0.3) is 5.91 Å². The molecule has 4 heteroatoms. The van der Waals surface area contributed by atoms with Gasteiger partial charge in [-0.3, -0.25) is 4.79 Å². The Bertz CT molecular complexity index is 568. The maximum absolute atomic E-state index is 12.8. The molecule has 1 aromatic carbocycles. The largest absolute Gasteiger partial charge is 0.497 e. The lowest BCUT2D eigenvalue weighted by atomic mass is 9.53. The van der Waals surface area contributed by atoms with Crippen LogP contribution < -0.4 is 14.8 Å². The van der Waals surface area contributed by atoms with Gasteiger partial charge in [0.1, 0.15) is 11.5 Å². The van der Waals surface area contributed by atoms with Crippen LogP contribution in [0.25, 0.3) is 0 Å². The zero-order chi connectivity index (χ0) is 16.0. The van der Waals surface area contributed by atoms with Crippen molar-refractivity contribution in [2.45, 2.75) is 44.1 Å². The number of nitrogens with one attached hydrogen (secondary N) is 1. The summed E-state index contributed by atoms with van der Waals surface area (Å²) in [5, 5.41) is 3.39. The van der Waals surface area contributed by atoms with Gasteiger partial charge in [-0.1, -0.05) is 0 Å². The minimum Gasteiger partial charge on any atom is -0.497 e. The number of carbonyl (C=O) groups excluding carboxylic acids is 1. The quantitative estimate of drug-likeness (QED) is 0.926. The molecule has 0 aliphatic heterocycles. The minimum atomic E-state index is 0.00384. The van der Waals surface area contributed by atoms with Crippen molar-refractivity contribution in [1.82, 2.24) is 5.32 Å². The van der Waals surface area contributed by atoms with Gasteiger partial charge >= 0.3 is 0 Å². The van der Waals surface area contributed by atoms with E-state index in [1.54, 1.807) is 32.4 Å². The molecule has 0 radical (unpaired) electrons. The van der Waals surface area contributed by atoms with Crippen LogP contribution in [0.3, 0.4) is 0 Å². The highest BCUT2D eigenvalue weighted by atomic mass is 16.5. The van der Waals surface area contributed by atoms with Gasteiger partial charge in [-0.25, -0.2) is 0 Å². The number of amides is 1. The molecule has 5 rings (SSSR count). The minimum absolute atomic E-state index is 0.00384. The van der Waals surface area contributed by atoms with Crippen molar-refractivity contribution in [3.05, 3.63) is 23.8 Å². The number of hydrogen-bond donors (Lipinski definition) is 1. The van der Waals surface area contributed by atoms with E-state index in [4.69, 9.17) is 9.47 Å². The van der Waals surface area contributed by atoms with E-state index in [1.807, 2.05) is 0 Å². The third kappa shape index (κ3) is 2.68. The van der Waals surface area contributed by atoms with E-state index in [0.717, 1.165) is 37.0 Å². The van der Waals surface area contributed by atoms with Crippen molar-refractivity contribution in [2.24, 2.45) is 17.8 Å². The van der Waals surface area contributed by atoms with Gasteiger partial charge < -0.3 is 14.8 Å². The summed E-state index contributed by atoms with van der Waals surface area (Å²) in [5.41, 5.74) is 0.652. The Morgan fingerprint density at radius 3 is 1.87 bits per heavy atom. The molecule has 0 spiro atoms. The van der Waals surface area contributed by atoms with Crippen molar-refractivity contribution < 1.29 is 14.3 Å². The normalized spacial score (nSPS) is 34.3. The Hall–Kier alpha value is -1.71. The molecule has 0 atom stereocenters. The molecule has 4 bridgehead atoms.